The van der Waals surface area contributed by atoms with Crippen LogP contribution in [0, 0.1) is 0 Å². The van der Waals surface area contributed by atoms with Crippen molar-refractivity contribution in [2.24, 2.45) is 14.1 Å². The Morgan fingerprint density at radius 2 is 1.82 bits per heavy atom. The molecule has 3 aromatic heterocycles. The van der Waals surface area contributed by atoms with Crippen LogP contribution in [0.5, 0.6) is 11.5 Å². The zero-order valence-electron chi connectivity index (χ0n) is 18.3. The molecular weight excluding hydrogens is 453 g/mol. The van der Waals surface area contributed by atoms with Crippen molar-refractivity contribution < 1.29 is 22.7 Å². The van der Waals surface area contributed by atoms with Crippen LogP contribution in [0.15, 0.2) is 53.6 Å². The monoisotopic (exact) mass is 472 g/mol. The van der Waals surface area contributed by atoms with Crippen LogP contribution in [0.4, 0.5) is 30.6 Å². The minimum absolute atomic E-state index is 0.181. The first-order valence-corrected chi connectivity index (χ1v) is 9.94. The van der Waals surface area contributed by atoms with Gasteiger partial charge in [0.15, 0.2) is 0 Å². The van der Waals surface area contributed by atoms with E-state index in [9.17, 15) is 22.8 Å². The Balaban J connectivity index is 1.64. The topological polar surface area (TPSA) is 103 Å². The summed E-state index contributed by atoms with van der Waals surface area (Å²) in [6, 6.07) is 8.97. The van der Waals surface area contributed by atoms with Crippen molar-refractivity contribution in [1.29, 1.82) is 0 Å². The molecule has 0 saturated carbocycles. The normalized spacial score (nSPS) is 11.5. The van der Waals surface area contributed by atoms with E-state index < -0.39 is 17.3 Å². The number of hydrogen-bond donors (Lipinski definition) is 2. The summed E-state index contributed by atoms with van der Waals surface area (Å²) in [6.07, 6.45) is -2.38. The van der Waals surface area contributed by atoms with E-state index >= 15 is 0 Å². The Bertz CT molecular complexity index is 1460. The van der Waals surface area contributed by atoms with Crippen LogP contribution in [-0.4, -0.2) is 25.0 Å². The molecule has 0 aliphatic heterocycles. The van der Waals surface area contributed by atoms with E-state index in [4.69, 9.17) is 4.74 Å². The third-order valence-electron chi connectivity index (χ3n) is 4.88. The summed E-state index contributed by atoms with van der Waals surface area (Å²) in [4.78, 5) is 32.0. The summed E-state index contributed by atoms with van der Waals surface area (Å²) in [5.41, 5.74) is -0.691. The zero-order valence-corrected chi connectivity index (χ0v) is 18.3. The minimum Gasteiger partial charge on any atom is -0.457 e. The lowest BCUT2D eigenvalue weighted by molar-refractivity contribution is -0.138. The number of halogens is 3. The number of imidazole rings is 1. The van der Waals surface area contributed by atoms with E-state index in [1.165, 1.54) is 20.2 Å². The van der Waals surface area contributed by atoms with Crippen molar-refractivity contribution in [2.75, 3.05) is 10.6 Å². The molecule has 0 atom stereocenters. The number of carbonyl (C=O) groups excluding carboxylic acids is 1. The molecule has 3 heterocycles. The van der Waals surface area contributed by atoms with Gasteiger partial charge in [0.05, 0.1) is 16.6 Å². The number of aryl methyl sites for hydroxylation is 2. The third-order valence-corrected chi connectivity index (χ3v) is 4.88. The maximum Gasteiger partial charge on any atom is 0.417 e. The molecule has 0 aliphatic carbocycles. The number of anilines is 3. The predicted molar refractivity (Wildman–Crippen MR) is 119 cm³/mol. The number of hydrogen-bond acceptors (Lipinski definition) is 6. The van der Waals surface area contributed by atoms with Crippen LogP contribution < -0.4 is 20.9 Å². The highest BCUT2D eigenvalue weighted by molar-refractivity contribution is 5.87. The van der Waals surface area contributed by atoms with Crippen LogP contribution in [0.1, 0.15) is 12.5 Å². The van der Waals surface area contributed by atoms with Crippen molar-refractivity contribution in [3.05, 3.63) is 64.7 Å². The second kappa shape index (κ2) is 8.54. The number of pyridine rings is 2. The zero-order chi connectivity index (χ0) is 24.6. The molecule has 0 aliphatic rings. The van der Waals surface area contributed by atoms with Gasteiger partial charge in [-0.1, -0.05) is 0 Å². The fourth-order valence-corrected chi connectivity index (χ4v) is 3.28. The lowest BCUT2D eigenvalue weighted by Crippen LogP contribution is -2.23. The number of alkyl halides is 3. The molecule has 0 bridgehead atoms. The summed E-state index contributed by atoms with van der Waals surface area (Å²) in [5, 5.41) is 5.28. The van der Waals surface area contributed by atoms with Crippen LogP contribution in [0.2, 0.25) is 0 Å². The second-order valence-corrected chi connectivity index (χ2v) is 7.49. The van der Waals surface area contributed by atoms with Crippen LogP contribution in [-0.2, 0) is 25.1 Å². The van der Waals surface area contributed by atoms with E-state index in [-0.39, 0.29) is 17.5 Å². The highest BCUT2D eigenvalue weighted by Gasteiger charge is 2.32. The first-order chi connectivity index (χ1) is 16.0. The third kappa shape index (κ3) is 4.70. The molecule has 1 amide bonds. The van der Waals surface area contributed by atoms with E-state index in [1.807, 2.05) is 0 Å². The molecule has 0 unspecified atom stereocenters. The van der Waals surface area contributed by atoms with E-state index in [0.29, 0.717) is 28.4 Å². The second-order valence-electron chi connectivity index (χ2n) is 7.49. The van der Waals surface area contributed by atoms with E-state index in [1.54, 1.807) is 41.9 Å². The van der Waals surface area contributed by atoms with Gasteiger partial charge in [-0.2, -0.15) is 13.2 Å². The number of ether oxygens (including phenoxy) is 1. The average molecular weight is 472 g/mol. The van der Waals surface area contributed by atoms with E-state index in [0.717, 1.165) is 16.8 Å². The summed E-state index contributed by atoms with van der Waals surface area (Å²) in [7, 11) is 2.90. The maximum absolute atomic E-state index is 13.2. The summed E-state index contributed by atoms with van der Waals surface area (Å²) < 4.78 is 47.8. The number of aromatic nitrogens is 4. The molecule has 1 aromatic carbocycles. The Kier molecular flexibility index (Phi) is 5.73. The highest BCUT2D eigenvalue weighted by Crippen LogP contribution is 2.31. The molecule has 0 radical (unpaired) electrons. The van der Waals surface area contributed by atoms with Gasteiger partial charge in [-0.15, -0.1) is 0 Å². The Labute approximate surface area is 190 Å². The van der Waals surface area contributed by atoms with Gasteiger partial charge in [-0.05, 0) is 24.3 Å². The Morgan fingerprint density at radius 3 is 2.53 bits per heavy atom. The predicted octanol–water partition coefficient (Wildman–Crippen LogP) is 4.18. The van der Waals surface area contributed by atoms with Crippen LogP contribution >= 0.6 is 0 Å². The lowest BCUT2D eigenvalue weighted by Gasteiger charge is -2.12. The van der Waals surface area contributed by atoms with Gasteiger partial charge >= 0.3 is 6.18 Å². The minimum atomic E-state index is -4.60. The number of carbonyl (C=O) groups is 1. The van der Waals surface area contributed by atoms with Gasteiger partial charge < -0.3 is 24.5 Å². The SMILES string of the molecule is CC(=O)Nc1cc(Oc2ccc3nc(Nc4cc(C(F)(F)F)cn(C)c4=O)n(C)c3c2)ccn1. The maximum atomic E-state index is 13.2. The standard InChI is InChI=1S/C22H19F3N6O3/c1-12(32)27-19-10-15(6-7-26-19)34-14-4-5-16-18(9-14)31(3)21(28-16)29-17-8-13(22(23,24)25)11-30(2)20(17)33/h4-11H,1-3H3,(H,28,29)(H,26,27,32). The van der Waals surface area contributed by atoms with Crippen molar-refractivity contribution in [1.82, 2.24) is 19.1 Å². The van der Waals surface area contributed by atoms with Gasteiger partial charge in [0.1, 0.15) is 23.0 Å². The fourth-order valence-electron chi connectivity index (χ4n) is 3.28. The van der Waals surface area contributed by atoms with Gasteiger partial charge in [-0.3, -0.25) is 9.59 Å². The molecule has 176 valence electrons. The number of fused-ring (bicyclic) bond motifs is 1. The first kappa shape index (κ1) is 22.8. The smallest absolute Gasteiger partial charge is 0.417 e. The fraction of sp³-hybridized carbons (Fsp3) is 0.182. The quantitative estimate of drug-likeness (QED) is 0.452. The molecular formula is C22H19F3N6O3. The summed E-state index contributed by atoms with van der Waals surface area (Å²) in [6.45, 7) is 1.37. The van der Waals surface area contributed by atoms with E-state index in [2.05, 4.69) is 20.6 Å². The summed E-state index contributed by atoms with van der Waals surface area (Å²) >= 11 is 0. The molecule has 0 saturated heterocycles. The van der Waals surface area contributed by atoms with Crippen LogP contribution in [0.3, 0.4) is 0 Å². The van der Waals surface area contributed by atoms with Crippen molar-refractivity contribution >= 4 is 34.4 Å². The summed E-state index contributed by atoms with van der Waals surface area (Å²) in [5.74, 6) is 1.14. The number of nitrogens with zero attached hydrogens (tertiary/aromatic N) is 4. The van der Waals surface area contributed by atoms with Crippen molar-refractivity contribution in [3.63, 3.8) is 0 Å². The molecule has 12 heteroatoms. The molecule has 4 rings (SSSR count). The Hall–Kier alpha value is -4.35. The number of benzene rings is 1. The number of nitrogens with one attached hydrogen (secondary N) is 2. The lowest BCUT2D eigenvalue weighted by atomic mass is 10.2. The molecule has 34 heavy (non-hydrogen) atoms. The Morgan fingerprint density at radius 1 is 1.09 bits per heavy atom. The van der Waals surface area contributed by atoms with Crippen molar-refractivity contribution in [3.8, 4) is 11.5 Å². The van der Waals surface area contributed by atoms with Gasteiger partial charge in [0.2, 0.25) is 11.9 Å². The number of rotatable bonds is 5. The van der Waals surface area contributed by atoms with Gasteiger partial charge in [-0.25, -0.2) is 9.97 Å². The highest BCUT2D eigenvalue weighted by atomic mass is 19.4. The number of amides is 1. The molecule has 0 fully saturated rings. The average Bonchev–Trinajstić information content (AvgIpc) is 3.05. The molecule has 2 N–H and O–H groups in total. The van der Waals surface area contributed by atoms with Gasteiger partial charge in [0, 0.05) is 45.5 Å². The van der Waals surface area contributed by atoms with Crippen molar-refractivity contribution in [2.45, 2.75) is 13.1 Å². The van der Waals surface area contributed by atoms with Gasteiger partial charge in [0.25, 0.3) is 5.56 Å². The molecule has 4 aromatic rings. The first-order valence-electron chi connectivity index (χ1n) is 9.94. The molecule has 0 spiro atoms. The largest absolute Gasteiger partial charge is 0.457 e. The van der Waals surface area contributed by atoms with Crippen LogP contribution in [0.25, 0.3) is 11.0 Å². The molecule has 9 nitrogen and oxygen atoms in total.